The smallest absolute Gasteiger partial charge is 0.151 e. The number of halogens is 1. The van der Waals surface area contributed by atoms with Gasteiger partial charge in [0.1, 0.15) is 5.82 Å². The van der Waals surface area contributed by atoms with E-state index in [-0.39, 0.29) is 5.82 Å². The molecule has 4 rings (SSSR count). The predicted octanol–water partition coefficient (Wildman–Crippen LogP) is 8.59. The van der Waals surface area contributed by atoms with Crippen LogP contribution in [0.4, 0.5) is 4.39 Å². The van der Waals surface area contributed by atoms with Crippen LogP contribution in [0.3, 0.4) is 0 Å². The number of fused-ring (bicyclic) bond motifs is 1. The van der Waals surface area contributed by atoms with Gasteiger partial charge >= 0.3 is 0 Å². The lowest BCUT2D eigenvalue weighted by atomic mass is 9.92. The summed E-state index contributed by atoms with van der Waals surface area (Å²) in [6.07, 6.45) is 7.97. The first-order valence-corrected chi connectivity index (χ1v) is 11.7. The highest BCUT2D eigenvalue weighted by Gasteiger charge is 2.13. The molecule has 0 fully saturated rings. The van der Waals surface area contributed by atoms with Gasteiger partial charge in [0.05, 0.1) is 0 Å². The van der Waals surface area contributed by atoms with Crippen LogP contribution < -0.4 is 0 Å². The molecule has 0 N–H and O–H groups in total. The van der Waals surface area contributed by atoms with Crippen LogP contribution in [0, 0.1) is 5.82 Å². The average Bonchev–Trinajstić information content (AvgIpc) is 2.85. The van der Waals surface area contributed by atoms with Gasteiger partial charge in [-0.3, -0.25) is 4.79 Å². The molecule has 0 unspecified atom stereocenters. The molecule has 0 heterocycles. The number of hydrogen-bond donors (Lipinski definition) is 0. The molecule has 0 aromatic heterocycles. The van der Waals surface area contributed by atoms with E-state index in [4.69, 9.17) is 0 Å². The third-order valence-corrected chi connectivity index (χ3v) is 6.24. The zero-order valence-corrected chi connectivity index (χ0v) is 19.1. The molecular weight excluding hydrogens is 407 g/mol. The molecule has 4 aromatic carbocycles. The van der Waals surface area contributed by atoms with Gasteiger partial charge in [-0.25, -0.2) is 4.39 Å². The van der Waals surface area contributed by atoms with Crippen molar-refractivity contribution in [1.29, 1.82) is 0 Å². The lowest BCUT2D eigenvalue weighted by Gasteiger charge is -2.12. The Morgan fingerprint density at radius 3 is 2.24 bits per heavy atom. The molecule has 0 radical (unpaired) electrons. The number of unbranched alkanes of at least 4 members (excludes halogenated alkanes) is 1. The molecule has 0 spiro atoms. The van der Waals surface area contributed by atoms with E-state index < -0.39 is 0 Å². The molecule has 0 atom stereocenters. The van der Waals surface area contributed by atoms with Gasteiger partial charge < -0.3 is 0 Å². The first-order valence-electron chi connectivity index (χ1n) is 11.7. The molecule has 0 aliphatic heterocycles. The molecule has 33 heavy (non-hydrogen) atoms. The van der Waals surface area contributed by atoms with Crippen molar-refractivity contribution in [2.45, 2.75) is 39.0 Å². The molecule has 0 saturated carbocycles. The van der Waals surface area contributed by atoms with E-state index in [0.717, 1.165) is 60.3 Å². The van der Waals surface area contributed by atoms with Crippen molar-refractivity contribution < 1.29 is 9.18 Å². The first-order chi connectivity index (χ1) is 16.1. The topological polar surface area (TPSA) is 17.1 Å². The summed E-state index contributed by atoms with van der Waals surface area (Å²) >= 11 is 0. The zero-order chi connectivity index (χ0) is 23.2. The van der Waals surface area contributed by atoms with E-state index >= 15 is 4.39 Å². The third kappa shape index (κ3) is 4.96. The maximum atomic E-state index is 15.1. The number of carbonyl (C=O) groups excluding carboxylic acids is 1. The summed E-state index contributed by atoms with van der Waals surface area (Å²) in [5.74, 6) is -0.293. The second kappa shape index (κ2) is 10.4. The predicted molar refractivity (Wildman–Crippen MR) is 137 cm³/mol. The lowest BCUT2D eigenvalue weighted by Crippen LogP contribution is -1.94. The summed E-state index contributed by atoms with van der Waals surface area (Å²) in [6.45, 7) is 5.94. The van der Waals surface area contributed by atoms with E-state index in [1.165, 1.54) is 17.2 Å². The van der Waals surface area contributed by atoms with Crippen LogP contribution in [0.15, 0.2) is 85.5 Å². The summed E-state index contributed by atoms with van der Waals surface area (Å²) in [4.78, 5) is 12.1. The Morgan fingerprint density at radius 2 is 1.55 bits per heavy atom. The Balaban J connectivity index is 1.67. The Morgan fingerprint density at radius 1 is 0.818 bits per heavy atom. The van der Waals surface area contributed by atoms with E-state index in [9.17, 15) is 4.79 Å². The molecule has 0 aliphatic rings. The number of hydrogen-bond acceptors (Lipinski definition) is 1. The first kappa shape index (κ1) is 22.7. The zero-order valence-electron chi connectivity index (χ0n) is 19.1. The number of rotatable bonds is 9. The number of aldehydes is 1. The summed E-state index contributed by atoms with van der Waals surface area (Å²) in [5, 5.41) is 1.95. The third-order valence-electron chi connectivity index (χ3n) is 6.24. The fourth-order valence-corrected chi connectivity index (χ4v) is 4.35. The van der Waals surface area contributed by atoms with Crippen LogP contribution in [0.25, 0.3) is 33.0 Å². The lowest BCUT2D eigenvalue weighted by molar-refractivity contribution is 0.112. The van der Waals surface area contributed by atoms with Gasteiger partial charge in [-0.15, -0.1) is 6.58 Å². The number of aryl methyl sites for hydroxylation is 2. The van der Waals surface area contributed by atoms with Crippen molar-refractivity contribution in [3.8, 4) is 22.3 Å². The van der Waals surface area contributed by atoms with Gasteiger partial charge in [-0.05, 0) is 70.3 Å². The minimum atomic E-state index is -0.293. The molecule has 4 aromatic rings. The monoisotopic (exact) mass is 436 g/mol. The van der Waals surface area contributed by atoms with Gasteiger partial charge in [0.25, 0.3) is 0 Å². The van der Waals surface area contributed by atoms with Crippen LogP contribution in [0.1, 0.15) is 47.7 Å². The molecule has 0 aliphatic carbocycles. The maximum absolute atomic E-state index is 15.1. The summed E-state index contributed by atoms with van der Waals surface area (Å²) < 4.78 is 15.1. The number of allylic oxidation sites excluding steroid dienone is 1. The highest BCUT2D eigenvalue weighted by atomic mass is 19.1. The number of benzene rings is 4. The average molecular weight is 437 g/mol. The molecule has 166 valence electrons. The van der Waals surface area contributed by atoms with E-state index in [1.54, 1.807) is 6.07 Å². The highest BCUT2D eigenvalue weighted by Crippen LogP contribution is 2.33. The molecule has 0 saturated heterocycles. The normalized spacial score (nSPS) is 11.0. The van der Waals surface area contributed by atoms with Crippen molar-refractivity contribution in [3.05, 3.63) is 108 Å². The standard InChI is InChI=1S/C31H29FO/c1-3-5-7-22-9-12-24(13-10-22)29-18-15-26(20-31(29)32)28-17-14-25-19-23(8-6-4-2)11-16-27(25)30(28)21-33/h3,9-21H,1,4-8H2,2H3. The van der Waals surface area contributed by atoms with Gasteiger partial charge in [-0.2, -0.15) is 0 Å². The van der Waals surface area contributed by atoms with Crippen LogP contribution in [0.5, 0.6) is 0 Å². The second-order valence-corrected chi connectivity index (χ2v) is 8.52. The molecule has 1 nitrogen and oxygen atoms in total. The summed E-state index contributed by atoms with van der Waals surface area (Å²) in [7, 11) is 0. The van der Waals surface area contributed by atoms with Gasteiger partial charge in [0, 0.05) is 11.1 Å². The van der Waals surface area contributed by atoms with E-state index in [1.807, 2.05) is 54.6 Å². The molecule has 0 amide bonds. The van der Waals surface area contributed by atoms with Gasteiger partial charge in [0.2, 0.25) is 0 Å². The fourth-order valence-electron chi connectivity index (χ4n) is 4.35. The van der Waals surface area contributed by atoms with E-state index in [2.05, 4.69) is 25.6 Å². The Hall–Kier alpha value is -3.52. The Kier molecular flexibility index (Phi) is 7.14. The Labute approximate surface area is 195 Å². The van der Waals surface area contributed by atoms with Crippen LogP contribution in [-0.4, -0.2) is 6.29 Å². The summed E-state index contributed by atoms with van der Waals surface area (Å²) in [5.41, 5.74) is 5.95. The van der Waals surface area contributed by atoms with Crippen molar-refractivity contribution in [2.24, 2.45) is 0 Å². The maximum Gasteiger partial charge on any atom is 0.151 e. The summed E-state index contributed by atoms with van der Waals surface area (Å²) in [6, 6.07) is 23.4. The fraction of sp³-hybridized carbons (Fsp3) is 0.194. The molecule has 2 heteroatoms. The number of carbonyl (C=O) groups is 1. The minimum absolute atomic E-state index is 0.293. The van der Waals surface area contributed by atoms with Crippen LogP contribution in [0.2, 0.25) is 0 Å². The molecule has 0 bridgehead atoms. The second-order valence-electron chi connectivity index (χ2n) is 8.52. The quantitative estimate of drug-likeness (QED) is 0.190. The van der Waals surface area contributed by atoms with Crippen molar-refractivity contribution in [2.75, 3.05) is 0 Å². The van der Waals surface area contributed by atoms with Crippen molar-refractivity contribution in [3.63, 3.8) is 0 Å². The van der Waals surface area contributed by atoms with Gasteiger partial charge in [-0.1, -0.05) is 86.2 Å². The Bertz CT molecular complexity index is 1280. The van der Waals surface area contributed by atoms with Gasteiger partial charge in [0.15, 0.2) is 6.29 Å². The highest BCUT2D eigenvalue weighted by molar-refractivity contribution is 6.04. The van der Waals surface area contributed by atoms with E-state index in [0.29, 0.717) is 16.7 Å². The van der Waals surface area contributed by atoms with Crippen molar-refractivity contribution in [1.82, 2.24) is 0 Å². The minimum Gasteiger partial charge on any atom is -0.298 e. The SMILES string of the molecule is C=CCCc1ccc(-c2ccc(-c3ccc4cc(CCCC)ccc4c3C=O)cc2F)cc1. The van der Waals surface area contributed by atoms with Crippen LogP contribution >= 0.6 is 0 Å². The molecular formula is C31H29FO. The van der Waals surface area contributed by atoms with Crippen molar-refractivity contribution >= 4 is 17.1 Å². The largest absolute Gasteiger partial charge is 0.298 e. The van der Waals surface area contributed by atoms with Crippen LogP contribution in [-0.2, 0) is 12.8 Å².